The fourth-order valence-electron chi connectivity index (χ4n) is 4.09. The van der Waals surface area contributed by atoms with Gasteiger partial charge in [0.2, 0.25) is 0 Å². The van der Waals surface area contributed by atoms with E-state index < -0.39 is 0 Å². The average molecular weight is 401 g/mol. The summed E-state index contributed by atoms with van der Waals surface area (Å²) in [4.78, 5) is 12.9. The maximum absolute atomic E-state index is 12.9. The molecule has 4 aromatic rings. The van der Waals surface area contributed by atoms with Gasteiger partial charge >= 0.3 is 0 Å². The predicted molar refractivity (Wildman–Crippen MR) is 121 cm³/mol. The van der Waals surface area contributed by atoms with E-state index in [1.165, 1.54) is 16.8 Å². The summed E-state index contributed by atoms with van der Waals surface area (Å²) in [6.07, 6.45) is 1.77. The molecule has 5 heteroatoms. The van der Waals surface area contributed by atoms with Crippen LogP contribution >= 0.6 is 0 Å². The van der Waals surface area contributed by atoms with Crippen LogP contribution in [0.5, 0.6) is 0 Å². The third kappa shape index (κ3) is 3.63. The van der Waals surface area contributed by atoms with Gasteiger partial charge in [0.1, 0.15) is 0 Å². The molecule has 0 saturated heterocycles. The first-order chi connectivity index (χ1) is 14.5. The predicted octanol–water partition coefficient (Wildman–Crippen LogP) is 5.01. The maximum atomic E-state index is 12.9. The molecule has 1 atom stereocenters. The van der Waals surface area contributed by atoms with Crippen LogP contribution in [0.3, 0.4) is 0 Å². The molecule has 0 aliphatic carbocycles. The smallest absolute Gasteiger partial charge is 0.251 e. The third-order valence-corrected chi connectivity index (χ3v) is 5.92. The van der Waals surface area contributed by atoms with E-state index in [1.807, 2.05) is 42.8 Å². The maximum Gasteiger partial charge on any atom is 0.251 e. The highest BCUT2D eigenvalue weighted by molar-refractivity contribution is 5.99. The van der Waals surface area contributed by atoms with Crippen molar-refractivity contribution >= 4 is 16.8 Å². The summed E-state index contributed by atoms with van der Waals surface area (Å²) in [5.74, 6) is -0.0684. The first-order valence-corrected chi connectivity index (χ1v) is 10.5. The Labute approximate surface area is 177 Å². The summed E-state index contributed by atoms with van der Waals surface area (Å²) in [6, 6.07) is 18.3. The minimum Gasteiger partial charge on any atom is -0.344 e. The van der Waals surface area contributed by atoms with E-state index in [2.05, 4.69) is 59.2 Å². The van der Waals surface area contributed by atoms with Crippen molar-refractivity contribution in [3.8, 4) is 0 Å². The van der Waals surface area contributed by atoms with E-state index in [9.17, 15) is 4.79 Å². The van der Waals surface area contributed by atoms with E-state index in [0.717, 1.165) is 29.7 Å². The monoisotopic (exact) mass is 400 g/mol. The molecule has 0 saturated carbocycles. The van der Waals surface area contributed by atoms with Gasteiger partial charge in [0.05, 0.1) is 11.7 Å². The van der Waals surface area contributed by atoms with Crippen molar-refractivity contribution < 1.29 is 4.79 Å². The fraction of sp³-hybridized carbons (Fsp3) is 0.280. The first-order valence-electron chi connectivity index (χ1n) is 10.5. The zero-order valence-corrected chi connectivity index (χ0v) is 18.0. The molecule has 30 heavy (non-hydrogen) atoms. The zero-order chi connectivity index (χ0) is 21.3. The number of aryl methyl sites for hydroxylation is 2. The van der Waals surface area contributed by atoms with Crippen molar-refractivity contribution in [2.45, 2.75) is 46.8 Å². The largest absolute Gasteiger partial charge is 0.344 e. The van der Waals surface area contributed by atoms with Gasteiger partial charge in [0, 0.05) is 41.4 Å². The van der Waals surface area contributed by atoms with Crippen molar-refractivity contribution in [2.24, 2.45) is 0 Å². The Morgan fingerprint density at radius 1 is 1.10 bits per heavy atom. The van der Waals surface area contributed by atoms with Crippen LogP contribution in [0.15, 0.2) is 60.8 Å². The third-order valence-electron chi connectivity index (χ3n) is 5.92. The molecule has 0 fully saturated rings. The molecule has 1 unspecified atom stereocenters. The summed E-state index contributed by atoms with van der Waals surface area (Å²) in [5.41, 5.74) is 6.55. The van der Waals surface area contributed by atoms with Gasteiger partial charge < -0.3 is 9.88 Å². The Hall–Kier alpha value is -3.34. The number of rotatable bonds is 6. The molecule has 4 rings (SSSR count). The molecular weight excluding hydrogens is 372 g/mol. The number of nitrogens with one attached hydrogen (secondary N) is 1. The highest BCUT2D eigenvalue weighted by Gasteiger charge is 2.17. The molecule has 0 aliphatic rings. The topological polar surface area (TPSA) is 51.9 Å². The number of nitrogens with zero attached hydrogens (tertiary/aromatic N) is 3. The molecule has 0 spiro atoms. The second kappa shape index (κ2) is 8.19. The Bertz CT molecular complexity index is 1190. The molecule has 2 aromatic heterocycles. The van der Waals surface area contributed by atoms with Gasteiger partial charge in [-0.3, -0.25) is 9.48 Å². The summed E-state index contributed by atoms with van der Waals surface area (Å²) in [7, 11) is 0. The number of hydrogen-bond donors (Lipinski definition) is 1. The molecule has 2 aromatic carbocycles. The van der Waals surface area contributed by atoms with Crippen molar-refractivity contribution in [3.63, 3.8) is 0 Å². The van der Waals surface area contributed by atoms with Crippen molar-refractivity contribution in [1.82, 2.24) is 19.7 Å². The Morgan fingerprint density at radius 2 is 1.87 bits per heavy atom. The minimum absolute atomic E-state index is 0.0684. The quantitative estimate of drug-likeness (QED) is 0.494. The number of carbonyl (C=O) groups is 1. The molecule has 2 heterocycles. The van der Waals surface area contributed by atoms with Crippen molar-refractivity contribution in [1.29, 1.82) is 0 Å². The molecule has 154 valence electrons. The van der Waals surface area contributed by atoms with Gasteiger partial charge in [-0.25, -0.2) is 0 Å². The van der Waals surface area contributed by atoms with Crippen molar-refractivity contribution in [3.05, 3.63) is 88.9 Å². The fourth-order valence-corrected chi connectivity index (χ4v) is 4.09. The van der Waals surface area contributed by atoms with Crippen LogP contribution in [0.1, 0.15) is 52.8 Å². The standard InChI is InChI=1S/C25H28N4O/c1-5-29-23(13-14-26-29)18(3)27-25(30)21-11-12-24-22(15-21)17(2)19(4)28(24)16-20-9-7-6-8-10-20/h6-15,18H,5,16H2,1-4H3,(H,27,30). The molecule has 0 aliphatic heterocycles. The molecule has 1 N–H and O–H groups in total. The number of hydrogen-bond acceptors (Lipinski definition) is 2. The molecular formula is C25H28N4O. The van der Waals surface area contributed by atoms with Gasteiger partial charge in [0.25, 0.3) is 5.91 Å². The molecule has 0 bridgehead atoms. The second-order valence-corrected chi connectivity index (χ2v) is 7.78. The molecule has 0 radical (unpaired) electrons. The second-order valence-electron chi connectivity index (χ2n) is 7.78. The lowest BCUT2D eigenvalue weighted by molar-refractivity contribution is 0.0938. The highest BCUT2D eigenvalue weighted by Crippen LogP contribution is 2.27. The van der Waals surface area contributed by atoms with Crippen LogP contribution in [-0.2, 0) is 13.1 Å². The van der Waals surface area contributed by atoms with E-state index in [4.69, 9.17) is 0 Å². The summed E-state index contributed by atoms with van der Waals surface area (Å²) in [6.45, 7) is 9.91. The minimum atomic E-state index is -0.110. The SMILES string of the molecule is CCn1nccc1C(C)NC(=O)c1ccc2c(c1)c(C)c(C)n2Cc1ccccc1. The lowest BCUT2D eigenvalue weighted by atomic mass is 10.1. The van der Waals surface area contributed by atoms with Crippen LogP contribution in [-0.4, -0.2) is 20.3 Å². The Balaban J connectivity index is 1.62. The van der Waals surface area contributed by atoms with Crippen LogP contribution in [0.2, 0.25) is 0 Å². The number of carbonyl (C=O) groups excluding carboxylic acids is 1. The zero-order valence-electron chi connectivity index (χ0n) is 18.0. The lowest BCUT2D eigenvalue weighted by Gasteiger charge is -2.15. The highest BCUT2D eigenvalue weighted by atomic mass is 16.1. The van der Waals surface area contributed by atoms with E-state index in [1.54, 1.807) is 6.20 Å². The van der Waals surface area contributed by atoms with Crippen molar-refractivity contribution in [2.75, 3.05) is 0 Å². The number of aromatic nitrogens is 3. The van der Waals surface area contributed by atoms with Gasteiger partial charge in [-0.15, -0.1) is 0 Å². The Morgan fingerprint density at radius 3 is 2.60 bits per heavy atom. The lowest BCUT2D eigenvalue weighted by Crippen LogP contribution is -2.28. The number of benzene rings is 2. The number of amides is 1. The average Bonchev–Trinajstić information content (AvgIpc) is 3.33. The van der Waals surface area contributed by atoms with Crippen LogP contribution < -0.4 is 5.32 Å². The molecule has 5 nitrogen and oxygen atoms in total. The van der Waals surface area contributed by atoms with Crippen LogP contribution in [0, 0.1) is 13.8 Å². The summed E-state index contributed by atoms with van der Waals surface area (Å²) >= 11 is 0. The van der Waals surface area contributed by atoms with Gasteiger partial charge in [-0.1, -0.05) is 30.3 Å². The van der Waals surface area contributed by atoms with Gasteiger partial charge in [-0.05, 0) is 63.1 Å². The normalized spacial score (nSPS) is 12.3. The van der Waals surface area contributed by atoms with Gasteiger partial charge in [0.15, 0.2) is 0 Å². The van der Waals surface area contributed by atoms with E-state index in [0.29, 0.717) is 5.56 Å². The van der Waals surface area contributed by atoms with Crippen LogP contribution in [0.25, 0.3) is 10.9 Å². The first kappa shape index (κ1) is 20.0. The van der Waals surface area contributed by atoms with E-state index >= 15 is 0 Å². The van der Waals surface area contributed by atoms with Gasteiger partial charge in [-0.2, -0.15) is 5.10 Å². The summed E-state index contributed by atoms with van der Waals surface area (Å²) < 4.78 is 4.23. The van der Waals surface area contributed by atoms with E-state index in [-0.39, 0.29) is 11.9 Å². The number of fused-ring (bicyclic) bond motifs is 1. The van der Waals surface area contributed by atoms with Crippen LogP contribution in [0.4, 0.5) is 0 Å². The summed E-state index contributed by atoms with van der Waals surface area (Å²) in [5, 5.41) is 8.54. The Kier molecular flexibility index (Phi) is 5.44. The molecule has 1 amide bonds.